The first kappa shape index (κ1) is 21.3. The van der Waals surface area contributed by atoms with Crippen LogP contribution in [0, 0.1) is 5.82 Å². The summed E-state index contributed by atoms with van der Waals surface area (Å²) in [6, 6.07) is 11.3. The highest BCUT2D eigenvalue weighted by atomic mass is 19.1. The highest BCUT2D eigenvalue weighted by molar-refractivity contribution is 6.46. The number of ether oxygens (including phenoxy) is 1. The minimum Gasteiger partial charge on any atom is -0.507 e. The maximum Gasteiger partial charge on any atom is 0.295 e. The van der Waals surface area contributed by atoms with Gasteiger partial charge >= 0.3 is 0 Å². The fraction of sp³-hybridized carbons (Fsp3) is 0.208. The number of carbonyl (C=O) groups is 2. The van der Waals surface area contributed by atoms with Gasteiger partial charge in [-0.3, -0.25) is 9.59 Å². The van der Waals surface area contributed by atoms with E-state index in [1.165, 1.54) is 36.3 Å². The molecule has 0 aliphatic carbocycles. The Morgan fingerprint density at radius 3 is 2.44 bits per heavy atom. The summed E-state index contributed by atoms with van der Waals surface area (Å²) in [6.07, 6.45) is 5.73. The van der Waals surface area contributed by atoms with Gasteiger partial charge in [0.15, 0.2) is 0 Å². The predicted octanol–water partition coefficient (Wildman–Crippen LogP) is 3.54. The second-order valence-electron chi connectivity index (χ2n) is 7.43. The standard InChI is InChI=1S/C24H22FN3O4/c1-32-19-9-5-17(6-10-19)22(29)20-21(16-3-7-18(25)8-4-16)28(24(31)23(20)30)13-2-12-27-14-11-26-15-27/h3-11,14-15,21,29H,2,12-13H2,1H3/b22-20+/t21-/m1/s1. The molecule has 1 amide bonds. The quantitative estimate of drug-likeness (QED) is 0.349. The number of amides is 1. The number of Topliss-reactive ketones (excluding diaryl/α,β-unsaturated/α-hetero) is 1. The van der Waals surface area contributed by atoms with Gasteiger partial charge in [-0.25, -0.2) is 9.37 Å². The number of aryl methyl sites for hydroxylation is 1. The Kier molecular flexibility index (Phi) is 6.02. The van der Waals surface area contributed by atoms with Crippen LogP contribution in [0.1, 0.15) is 23.6 Å². The van der Waals surface area contributed by atoms with Gasteiger partial charge in [0, 0.05) is 31.0 Å². The summed E-state index contributed by atoms with van der Waals surface area (Å²) in [5, 5.41) is 11.0. The van der Waals surface area contributed by atoms with Crippen molar-refractivity contribution >= 4 is 17.4 Å². The SMILES string of the molecule is COc1ccc(/C(O)=C2\C(=O)C(=O)N(CCCn3ccnc3)[C@@H]2c2ccc(F)cc2)cc1. The first-order chi connectivity index (χ1) is 15.5. The summed E-state index contributed by atoms with van der Waals surface area (Å²) in [5.41, 5.74) is 0.909. The van der Waals surface area contributed by atoms with Gasteiger partial charge in [0.05, 0.1) is 25.1 Å². The molecule has 0 radical (unpaired) electrons. The highest BCUT2D eigenvalue weighted by Crippen LogP contribution is 2.39. The van der Waals surface area contributed by atoms with E-state index in [0.717, 1.165) is 0 Å². The van der Waals surface area contributed by atoms with Crippen LogP contribution in [0.15, 0.2) is 72.8 Å². The third kappa shape index (κ3) is 4.12. The summed E-state index contributed by atoms with van der Waals surface area (Å²) in [7, 11) is 1.53. The summed E-state index contributed by atoms with van der Waals surface area (Å²) in [5.74, 6) is -1.58. The minimum atomic E-state index is -0.819. The lowest BCUT2D eigenvalue weighted by atomic mass is 9.95. The number of halogens is 1. The zero-order valence-corrected chi connectivity index (χ0v) is 17.4. The van der Waals surface area contributed by atoms with E-state index in [1.807, 2.05) is 10.8 Å². The molecule has 0 saturated carbocycles. The van der Waals surface area contributed by atoms with Gasteiger partial charge in [-0.2, -0.15) is 0 Å². The van der Waals surface area contributed by atoms with Gasteiger partial charge in [-0.15, -0.1) is 0 Å². The number of aliphatic hydroxyl groups is 1. The van der Waals surface area contributed by atoms with Gasteiger partial charge in [0.25, 0.3) is 11.7 Å². The van der Waals surface area contributed by atoms with E-state index in [-0.39, 0.29) is 17.9 Å². The van der Waals surface area contributed by atoms with E-state index in [2.05, 4.69) is 4.98 Å². The molecule has 7 nitrogen and oxygen atoms in total. The number of imidazole rings is 1. The van der Waals surface area contributed by atoms with Crippen LogP contribution in [-0.2, 0) is 16.1 Å². The van der Waals surface area contributed by atoms with Crippen LogP contribution in [0.5, 0.6) is 5.75 Å². The molecule has 1 saturated heterocycles. The number of hydrogen-bond donors (Lipinski definition) is 1. The van der Waals surface area contributed by atoms with Crippen molar-refractivity contribution in [3.05, 3.63) is 89.8 Å². The van der Waals surface area contributed by atoms with Crippen LogP contribution in [0.2, 0.25) is 0 Å². The molecule has 164 valence electrons. The number of benzene rings is 2. The summed E-state index contributed by atoms with van der Waals surface area (Å²) < 4.78 is 20.6. The first-order valence-electron chi connectivity index (χ1n) is 10.1. The second-order valence-corrected chi connectivity index (χ2v) is 7.43. The summed E-state index contributed by atoms with van der Waals surface area (Å²) in [6.45, 7) is 0.891. The summed E-state index contributed by atoms with van der Waals surface area (Å²) in [4.78, 5) is 31.3. The van der Waals surface area contributed by atoms with Crippen molar-refractivity contribution in [1.82, 2.24) is 14.5 Å². The Hall–Kier alpha value is -3.94. The first-order valence-corrected chi connectivity index (χ1v) is 10.1. The molecule has 0 bridgehead atoms. The van der Waals surface area contributed by atoms with Crippen molar-refractivity contribution < 1.29 is 23.8 Å². The number of ketones is 1. The number of nitrogens with zero attached hydrogens (tertiary/aromatic N) is 3. The number of likely N-dealkylation sites (tertiary alicyclic amines) is 1. The molecule has 1 atom stereocenters. The van der Waals surface area contributed by atoms with E-state index in [9.17, 15) is 19.1 Å². The van der Waals surface area contributed by atoms with E-state index >= 15 is 0 Å². The average Bonchev–Trinajstić information content (AvgIpc) is 3.41. The van der Waals surface area contributed by atoms with Crippen LogP contribution >= 0.6 is 0 Å². The molecule has 8 heteroatoms. The molecular formula is C24H22FN3O4. The second kappa shape index (κ2) is 9.05. The number of hydrogen-bond acceptors (Lipinski definition) is 5. The summed E-state index contributed by atoms with van der Waals surface area (Å²) >= 11 is 0. The van der Waals surface area contributed by atoms with Crippen LogP contribution in [0.25, 0.3) is 5.76 Å². The molecule has 4 rings (SSSR count). The Balaban J connectivity index is 1.71. The molecule has 2 heterocycles. The van der Waals surface area contributed by atoms with Gasteiger partial charge in [-0.05, 0) is 48.4 Å². The zero-order chi connectivity index (χ0) is 22.7. The average molecular weight is 435 g/mol. The largest absolute Gasteiger partial charge is 0.507 e. The monoisotopic (exact) mass is 435 g/mol. The molecule has 1 N–H and O–H groups in total. The highest BCUT2D eigenvalue weighted by Gasteiger charge is 2.45. The molecule has 1 fully saturated rings. The van der Waals surface area contributed by atoms with E-state index in [0.29, 0.717) is 29.8 Å². The lowest BCUT2D eigenvalue weighted by Gasteiger charge is -2.25. The predicted molar refractivity (Wildman–Crippen MR) is 115 cm³/mol. The number of aliphatic hydroxyl groups excluding tert-OH is 1. The van der Waals surface area contributed by atoms with Gasteiger partial charge in [-0.1, -0.05) is 12.1 Å². The molecule has 0 unspecified atom stereocenters. The number of methoxy groups -OCH3 is 1. The van der Waals surface area contributed by atoms with Crippen LogP contribution in [0.4, 0.5) is 4.39 Å². The van der Waals surface area contributed by atoms with Crippen LogP contribution in [-0.4, -0.2) is 44.9 Å². The fourth-order valence-corrected chi connectivity index (χ4v) is 3.85. The van der Waals surface area contributed by atoms with Crippen LogP contribution < -0.4 is 4.74 Å². The lowest BCUT2D eigenvalue weighted by Crippen LogP contribution is -2.31. The number of carbonyl (C=O) groups excluding carboxylic acids is 2. The van der Waals surface area contributed by atoms with Gasteiger partial charge < -0.3 is 19.3 Å². The smallest absolute Gasteiger partial charge is 0.295 e. The van der Waals surface area contributed by atoms with Crippen molar-refractivity contribution in [2.45, 2.75) is 19.0 Å². The van der Waals surface area contributed by atoms with E-state index < -0.39 is 23.5 Å². The van der Waals surface area contributed by atoms with Crippen molar-refractivity contribution in [2.24, 2.45) is 0 Å². The third-order valence-corrected chi connectivity index (χ3v) is 5.46. The zero-order valence-electron chi connectivity index (χ0n) is 17.4. The third-order valence-electron chi connectivity index (χ3n) is 5.46. The molecule has 3 aromatic rings. The van der Waals surface area contributed by atoms with Gasteiger partial charge in [0.1, 0.15) is 17.3 Å². The van der Waals surface area contributed by atoms with Crippen molar-refractivity contribution in [2.75, 3.05) is 13.7 Å². The van der Waals surface area contributed by atoms with E-state index in [1.54, 1.807) is 36.8 Å². The number of aromatic nitrogens is 2. The molecule has 1 aromatic heterocycles. The van der Waals surface area contributed by atoms with Crippen molar-refractivity contribution in [3.8, 4) is 5.75 Å². The molecular weight excluding hydrogens is 413 g/mol. The van der Waals surface area contributed by atoms with Crippen molar-refractivity contribution in [3.63, 3.8) is 0 Å². The maximum absolute atomic E-state index is 13.5. The Morgan fingerprint density at radius 1 is 1.09 bits per heavy atom. The maximum atomic E-state index is 13.5. The molecule has 1 aliphatic rings. The minimum absolute atomic E-state index is 0.0191. The Bertz CT molecular complexity index is 1140. The number of rotatable bonds is 7. The molecule has 32 heavy (non-hydrogen) atoms. The van der Waals surface area contributed by atoms with Gasteiger partial charge in [0.2, 0.25) is 0 Å². The lowest BCUT2D eigenvalue weighted by molar-refractivity contribution is -0.139. The molecule has 0 spiro atoms. The topological polar surface area (TPSA) is 84.7 Å². The fourth-order valence-electron chi connectivity index (χ4n) is 3.85. The van der Waals surface area contributed by atoms with Crippen LogP contribution in [0.3, 0.4) is 0 Å². The molecule has 1 aliphatic heterocycles. The van der Waals surface area contributed by atoms with E-state index in [4.69, 9.17) is 4.74 Å². The Labute approximate surface area is 184 Å². The normalized spacial score (nSPS) is 17.7. The van der Waals surface area contributed by atoms with Crippen molar-refractivity contribution in [1.29, 1.82) is 0 Å². The Morgan fingerprint density at radius 2 is 1.81 bits per heavy atom. The molecule has 2 aromatic carbocycles.